The minimum atomic E-state index is -0.847. The Labute approximate surface area is 436 Å². The number of allylic oxidation sites excluding steroid dienone is 5. The number of unbranched alkanes of at least 4 members (excludes halogenated alkanes) is 43. The fraction of sp³-hybridized carbons (Fsp3) is 0.875. The van der Waals surface area contributed by atoms with Crippen molar-refractivity contribution in [2.24, 2.45) is 0 Å². The van der Waals surface area contributed by atoms with Gasteiger partial charge in [0.05, 0.1) is 25.4 Å². The van der Waals surface area contributed by atoms with Crippen molar-refractivity contribution >= 4 is 11.9 Å². The van der Waals surface area contributed by atoms with Gasteiger partial charge >= 0.3 is 5.97 Å². The maximum atomic E-state index is 12.5. The van der Waals surface area contributed by atoms with Crippen molar-refractivity contribution < 1.29 is 24.5 Å². The first-order chi connectivity index (χ1) is 34.5. The Bertz CT molecular complexity index is 1130. The maximum Gasteiger partial charge on any atom is 0.305 e. The minimum absolute atomic E-state index is 0.00182. The third-order valence-corrected chi connectivity index (χ3v) is 14.4. The van der Waals surface area contributed by atoms with E-state index in [1.807, 2.05) is 6.08 Å². The number of carbonyl (C=O) groups is 2. The Morgan fingerprint density at radius 1 is 0.386 bits per heavy atom. The summed E-state index contributed by atoms with van der Waals surface area (Å²) in [5.41, 5.74) is 0. The van der Waals surface area contributed by atoms with Gasteiger partial charge < -0.3 is 20.3 Å². The molecule has 0 spiro atoms. The normalized spacial score (nSPS) is 12.8. The number of hydrogen-bond donors (Lipinski definition) is 3. The summed E-state index contributed by atoms with van der Waals surface area (Å²) in [6.45, 7) is 4.88. The van der Waals surface area contributed by atoms with E-state index in [1.165, 1.54) is 263 Å². The number of carbonyl (C=O) groups excluding carboxylic acids is 2. The molecule has 3 N–H and O–H groups in total. The lowest BCUT2D eigenvalue weighted by atomic mass is 10.0. The zero-order valence-electron chi connectivity index (χ0n) is 47.0. The first-order valence-corrected chi connectivity index (χ1v) is 31.3. The van der Waals surface area contributed by atoms with Crippen LogP contribution in [-0.4, -0.2) is 47.4 Å². The van der Waals surface area contributed by atoms with Gasteiger partial charge in [-0.05, 0) is 77.0 Å². The first kappa shape index (κ1) is 68.1. The summed E-state index contributed by atoms with van der Waals surface area (Å²) >= 11 is 0. The van der Waals surface area contributed by atoms with Crippen LogP contribution in [0.25, 0.3) is 0 Å². The zero-order valence-corrected chi connectivity index (χ0v) is 47.0. The number of ether oxygens (including phenoxy) is 1. The van der Waals surface area contributed by atoms with E-state index in [2.05, 4.69) is 43.5 Å². The molecule has 1 amide bonds. The highest BCUT2D eigenvalue weighted by molar-refractivity contribution is 5.76. The number of aliphatic hydroxyl groups is 2. The molecule has 0 aliphatic carbocycles. The second-order valence-corrected chi connectivity index (χ2v) is 21.4. The predicted molar refractivity (Wildman–Crippen MR) is 306 cm³/mol. The van der Waals surface area contributed by atoms with Gasteiger partial charge in [0.25, 0.3) is 0 Å². The molecule has 0 saturated carbocycles. The molecule has 0 bridgehead atoms. The van der Waals surface area contributed by atoms with E-state index in [-0.39, 0.29) is 18.5 Å². The van der Waals surface area contributed by atoms with E-state index in [1.54, 1.807) is 6.08 Å². The quantitative estimate of drug-likeness (QED) is 0.0321. The summed E-state index contributed by atoms with van der Waals surface area (Å²) in [6, 6.07) is -0.630. The number of amides is 1. The Morgan fingerprint density at radius 2 is 0.686 bits per heavy atom. The Kier molecular flexibility index (Phi) is 58.0. The zero-order chi connectivity index (χ0) is 50.7. The molecule has 0 saturated heterocycles. The number of nitrogens with one attached hydrogen (secondary N) is 1. The third-order valence-electron chi connectivity index (χ3n) is 14.4. The lowest BCUT2D eigenvalue weighted by Gasteiger charge is -2.20. The number of hydrogen-bond acceptors (Lipinski definition) is 5. The van der Waals surface area contributed by atoms with Crippen molar-refractivity contribution in [3.8, 4) is 0 Å². The molecule has 0 aromatic heterocycles. The van der Waals surface area contributed by atoms with Crippen molar-refractivity contribution in [3.63, 3.8) is 0 Å². The van der Waals surface area contributed by atoms with Gasteiger partial charge in [-0.15, -0.1) is 0 Å². The monoisotopic (exact) mass is 984 g/mol. The summed E-state index contributed by atoms with van der Waals surface area (Å²) < 4.78 is 5.46. The molecular weight excluding hydrogens is 863 g/mol. The molecule has 6 heteroatoms. The van der Waals surface area contributed by atoms with Crippen molar-refractivity contribution in [1.82, 2.24) is 5.32 Å². The molecule has 2 unspecified atom stereocenters. The summed E-state index contributed by atoms with van der Waals surface area (Å²) in [7, 11) is 0. The molecule has 0 aromatic carbocycles. The molecule has 0 rings (SSSR count). The van der Waals surface area contributed by atoms with E-state index >= 15 is 0 Å². The Morgan fingerprint density at radius 3 is 1.06 bits per heavy atom. The largest absolute Gasteiger partial charge is 0.466 e. The van der Waals surface area contributed by atoms with Crippen LogP contribution in [0.15, 0.2) is 36.5 Å². The van der Waals surface area contributed by atoms with Crippen LogP contribution < -0.4 is 5.32 Å². The smallest absolute Gasteiger partial charge is 0.305 e. The standard InChI is InChI=1S/C64H121NO5/c1-3-5-7-9-11-13-15-16-17-27-30-33-37-40-44-48-52-56-62(67)61(60-66)65-63(68)57-53-49-45-41-38-34-31-28-25-23-21-19-18-20-22-24-26-29-32-35-39-43-47-51-55-59-70-64(69)58-54-50-46-42-36-14-12-10-8-6-4-2/h10,12,19,21,52,56,61-62,66-67H,3-9,11,13-18,20,22-51,53-55,57-60H2,1-2H3,(H,65,68)/b12-10-,21-19-,56-52+. The molecule has 70 heavy (non-hydrogen) atoms. The molecule has 2 atom stereocenters. The van der Waals surface area contributed by atoms with Crippen LogP contribution in [0.3, 0.4) is 0 Å². The van der Waals surface area contributed by atoms with Crippen molar-refractivity contribution in [2.45, 2.75) is 347 Å². The molecule has 0 aromatic rings. The maximum absolute atomic E-state index is 12.5. The highest BCUT2D eigenvalue weighted by Crippen LogP contribution is 2.17. The third kappa shape index (κ3) is 55.4. The highest BCUT2D eigenvalue weighted by atomic mass is 16.5. The lowest BCUT2D eigenvalue weighted by Crippen LogP contribution is -2.45. The van der Waals surface area contributed by atoms with Crippen LogP contribution >= 0.6 is 0 Å². The molecule has 0 aliphatic heterocycles. The summed E-state index contributed by atoms with van der Waals surface area (Å²) in [5.74, 6) is -0.0675. The average molecular weight is 985 g/mol. The van der Waals surface area contributed by atoms with Crippen LogP contribution in [0.5, 0.6) is 0 Å². The lowest BCUT2D eigenvalue weighted by molar-refractivity contribution is -0.143. The second-order valence-electron chi connectivity index (χ2n) is 21.4. The first-order valence-electron chi connectivity index (χ1n) is 31.3. The fourth-order valence-corrected chi connectivity index (χ4v) is 9.55. The second kappa shape index (κ2) is 59.6. The molecule has 0 heterocycles. The molecule has 0 fully saturated rings. The fourth-order valence-electron chi connectivity index (χ4n) is 9.55. The molecule has 0 radical (unpaired) electrons. The van der Waals surface area contributed by atoms with Crippen LogP contribution in [0.1, 0.15) is 335 Å². The molecular formula is C64H121NO5. The summed E-state index contributed by atoms with van der Waals surface area (Å²) in [4.78, 5) is 24.5. The van der Waals surface area contributed by atoms with E-state index in [0.29, 0.717) is 19.4 Å². The summed E-state index contributed by atoms with van der Waals surface area (Å²) in [6.07, 6.45) is 74.7. The van der Waals surface area contributed by atoms with Crippen LogP contribution in [0.4, 0.5) is 0 Å². The van der Waals surface area contributed by atoms with E-state index in [0.717, 1.165) is 44.9 Å². The van der Waals surface area contributed by atoms with Gasteiger partial charge in [0.15, 0.2) is 0 Å². The van der Waals surface area contributed by atoms with Gasteiger partial charge in [-0.25, -0.2) is 0 Å². The Hall–Kier alpha value is -1.92. The van der Waals surface area contributed by atoms with E-state index < -0.39 is 12.1 Å². The van der Waals surface area contributed by atoms with Gasteiger partial charge in [0.2, 0.25) is 5.91 Å². The van der Waals surface area contributed by atoms with Crippen LogP contribution in [-0.2, 0) is 14.3 Å². The molecule has 6 nitrogen and oxygen atoms in total. The van der Waals surface area contributed by atoms with Crippen molar-refractivity contribution in [2.75, 3.05) is 13.2 Å². The SMILES string of the molecule is CCCC/C=C\CCCCCCCC(=O)OCCCCCCCCCCCCCC/C=C\CCCCCCCCCCCC(=O)NC(CO)C(O)/C=C/CCCCCCCCCCCCCCCCC. The molecule has 0 aliphatic rings. The number of esters is 1. The minimum Gasteiger partial charge on any atom is -0.466 e. The Balaban J connectivity index is 3.43. The van der Waals surface area contributed by atoms with Gasteiger partial charge in [-0.2, -0.15) is 0 Å². The number of rotatable bonds is 58. The highest BCUT2D eigenvalue weighted by Gasteiger charge is 2.18. The van der Waals surface area contributed by atoms with Crippen molar-refractivity contribution in [1.29, 1.82) is 0 Å². The van der Waals surface area contributed by atoms with Gasteiger partial charge in [0.1, 0.15) is 0 Å². The predicted octanol–water partition coefficient (Wildman–Crippen LogP) is 19.6. The number of aliphatic hydroxyl groups excluding tert-OH is 2. The van der Waals surface area contributed by atoms with Gasteiger partial charge in [-0.3, -0.25) is 9.59 Å². The summed E-state index contributed by atoms with van der Waals surface area (Å²) in [5, 5.41) is 23.2. The van der Waals surface area contributed by atoms with Gasteiger partial charge in [-0.1, -0.05) is 281 Å². The van der Waals surface area contributed by atoms with Gasteiger partial charge in [0, 0.05) is 12.8 Å². The van der Waals surface area contributed by atoms with Crippen LogP contribution in [0.2, 0.25) is 0 Å². The van der Waals surface area contributed by atoms with Crippen LogP contribution in [0, 0.1) is 0 Å². The average Bonchev–Trinajstić information content (AvgIpc) is 3.36. The van der Waals surface area contributed by atoms with E-state index in [4.69, 9.17) is 4.74 Å². The molecule has 412 valence electrons. The topological polar surface area (TPSA) is 95.9 Å². The van der Waals surface area contributed by atoms with E-state index in [9.17, 15) is 19.8 Å². The van der Waals surface area contributed by atoms with Crippen molar-refractivity contribution in [3.05, 3.63) is 36.5 Å².